The van der Waals surface area contributed by atoms with Gasteiger partial charge in [-0.1, -0.05) is 54.2 Å². The molecule has 2 heterocycles. The second-order valence-electron chi connectivity index (χ2n) is 6.58. The number of allylic oxidation sites excluding steroid dienone is 1. The highest BCUT2D eigenvalue weighted by atomic mass is 32.2. The van der Waals surface area contributed by atoms with Gasteiger partial charge in [0.1, 0.15) is 17.4 Å². The Hall–Kier alpha value is -3.27. The molecule has 2 N–H and O–H groups in total. The normalized spacial score (nSPS) is 15.6. The van der Waals surface area contributed by atoms with Crippen LogP contribution in [0.4, 0.5) is 0 Å². The van der Waals surface area contributed by atoms with Crippen molar-refractivity contribution < 1.29 is 4.74 Å². The predicted octanol–water partition coefficient (Wildman–Crippen LogP) is 5.67. The Kier molecular flexibility index (Phi) is 4.47. The second kappa shape index (κ2) is 7.28. The molecule has 0 spiro atoms. The molecule has 0 saturated heterocycles. The van der Waals surface area contributed by atoms with Crippen LogP contribution in [0.15, 0.2) is 93.5 Å². The second-order valence-corrected chi connectivity index (χ2v) is 8.94. The largest absolute Gasteiger partial charge is 0.440 e. The molecule has 0 aliphatic carbocycles. The van der Waals surface area contributed by atoms with Crippen molar-refractivity contribution in [3.05, 3.63) is 95.4 Å². The number of benzene rings is 3. The van der Waals surface area contributed by atoms with Crippen molar-refractivity contribution in [1.29, 1.82) is 5.26 Å². The maximum absolute atomic E-state index is 9.72. The highest BCUT2D eigenvalue weighted by Crippen LogP contribution is 2.44. The zero-order valence-corrected chi connectivity index (χ0v) is 16.8. The molecule has 5 rings (SSSR count). The van der Waals surface area contributed by atoms with Crippen LogP contribution < -0.4 is 10.5 Å². The van der Waals surface area contributed by atoms with Gasteiger partial charge in [-0.15, -0.1) is 11.3 Å². The Morgan fingerprint density at radius 3 is 2.62 bits per heavy atom. The smallest absolute Gasteiger partial charge is 0.205 e. The fraction of sp³-hybridized carbons (Fsp3) is 0.0435. The molecule has 0 amide bonds. The Balaban J connectivity index is 1.57. The van der Waals surface area contributed by atoms with Gasteiger partial charge in [0.2, 0.25) is 5.88 Å². The summed E-state index contributed by atoms with van der Waals surface area (Å²) in [5, 5.41) is 9.72. The first-order valence-corrected chi connectivity index (χ1v) is 10.7. The number of thiazole rings is 1. The van der Waals surface area contributed by atoms with Gasteiger partial charge >= 0.3 is 0 Å². The zero-order chi connectivity index (χ0) is 19.8. The Labute approximate surface area is 176 Å². The van der Waals surface area contributed by atoms with Gasteiger partial charge in [0.05, 0.1) is 16.1 Å². The maximum atomic E-state index is 9.72. The van der Waals surface area contributed by atoms with Crippen LogP contribution in [0.5, 0.6) is 5.75 Å². The molecule has 29 heavy (non-hydrogen) atoms. The number of fused-ring (bicyclic) bond motifs is 2. The van der Waals surface area contributed by atoms with Crippen molar-refractivity contribution >= 4 is 33.3 Å². The molecule has 1 atom stereocenters. The van der Waals surface area contributed by atoms with Crippen LogP contribution in [-0.2, 0) is 0 Å². The highest BCUT2D eigenvalue weighted by molar-refractivity contribution is 8.01. The molecule has 4 aromatic rings. The molecule has 1 aliphatic rings. The standard InChI is InChI=1S/C23H15N3OS2/c24-13-17-21(14-6-2-1-3-7-14)16-12-15(10-11-19(16)27-22(17)25)28-23-26-18-8-4-5-9-20(18)29-23/h1-12,21H,25H2. The van der Waals surface area contributed by atoms with Crippen molar-refractivity contribution in [3.8, 4) is 11.8 Å². The quantitative estimate of drug-likeness (QED) is 0.469. The third-order valence-electron chi connectivity index (χ3n) is 4.80. The van der Waals surface area contributed by atoms with E-state index in [1.807, 2.05) is 60.7 Å². The molecule has 1 aliphatic heterocycles. The summed E-state index contributed by atoms with van der Waals surface area (Å²) >= 11 is 3.29. The van der Waals surface area contributed by atoms with Gasteiger partial charge < -0.3 is 10.5 Å². The zero-order valence-electron chi connectivity index (χ0n) is 15.2. The minimum absolute atomic E-state index is 0.167. The van der Waals surface area contributed by atoms with Crippen LogP contribution >= 0.6 is 23.1 Å². The first kappa shape index (κ1) is 17.8. The van der Waals surface area contributed by atoms with Crippen molar-refractivity contribution in [2.45, 2.75) is 15.2 Å². The number of ether oxygens (including phenoxy) is 1. The SMILES string of the molecule is N#CC1=C(N)Oc2ccc(Sc3nc4ccccc4s3)cc2C1c1ccccc1. The lowest BCUT2D eigenvalue weighted by atomic mass is 9.84. The van der Waals surface area contributed by atoms with Gasteiger partial charge in [-0.25, -0.2) is 4.98 Å². The molecule has 4 nitrogen and oxygen atoms in total. The first-order chi connectivity index (χ1) is 14.2. The molecule has 1 aromatic heterocycles. The van der Waals surface area contributed by atoms with E-state index in [-0.39, 0.29) is 11.8 Å². The summed E-state index contributed by atoms with van der Waals surface area (Å²) in [5.41, 5.74) is 9.45. The van der Waals surface area contributed by atoms with Crippen molar-refractivity contribution in [2.24, 2.45) is 5.73 Å². The summed E-state index contributed by atoms with van der Waals surface area (Å²) in [5.74, 6) is 0.602. The maximum Gasteiger partial charge on any atom is 0.205 e. The minimum Gasteiger partial charge on any atom is -0.440 e. The van der Waals surface area contributed by atoms with Crippen LogP contribution in [0, 0.1) is 11.3 Å². The number of aromatic nitrogens is 1. The number of rotatable bonds is 3. The third-order valence-corrected chi connectivity index (χ3v) is 6.89. The minimum atomic E-state index is -0.249. The summed E-state index contributed by atoms with van der Waals surface area (Å²) in [6, 6.07) is 26.3. The lowest BCUT2D eigenvalue weighted by Gasteiger charge is -2.26. The molecular weight excluding hydrogens is 398 g/mol. The van der Waals surface area contributed by atoms with Crippen LogP contribution in [-0.4, -0.2) is 4.98 Å². The van der Waals surface area contributed by atoms with Gasteiger partial charge in [0.25, 0.3) is 0 Å². The molecule has 3 aromatic carbocycles. The Bertz CT molecular complexity index is 1260. The monoisotopic (exact) mass is 413 g/mol. The number of para-hydroxylation sites is 1. The molecular formula is C23H15N3OS2. The lowest BCUT2D eigenvalue weighted by molar-refractivity contribution is 0.393. The lowest BCUT2D eigenvalue weighted by Crippen LogP contribution is -2.21. The van der Waals surface area contributed by atoms with E-state index in [1.54, 1.807) is 23.1 Å². The topological polar surface area (TPSA) is 71.9 Å². The molecule has 140 valence electrons. The molecule has 6 heteroatoms. The van der Waals surface area contributed by atoms with Gasteiger partial charge in [0, 0.05) is 10.5 Å². The number of hydrogen-bond donors (Lipinski definition) is 1. The molecule has 0 radical (unpaired) electrons. The van der Waals surface area contributed by atoms with E-state index in [0.29, 0.717) is 11.3 Å². The molecule has 0 saturated carbocycles. The van der Waals surface area contributed by atoms with E-state index in [4.69, 9.17) is 15.5 Å². The highest BCUT2D eigenvalue weighted by Gasteiger charge is 2.30. The average molecular weight is 414 g/mol. The molecule has 0 bridgehead atoms. The third kappa shape index (κ3) is 3.25. The van der Waals surface area contributed by atoms with Gasteiger partial charge in [-0.2, -0.15) is 5.26 Å². The number of nitrogens with two attached hydrogens (primary N) is 1. The van der Waals surface area contributed by atoms with Crippen LogP contribution in [0.1, 0.15) is 17.0 Å². The first-order valence-electron chi connectivity index (χ1n) is 9.03. The number of nitriles is 1. The average Bonchev–Trinajstić information content (AvgIpc) is 3.16. The molecule has 1 unspecified atom stereocenters. The summed E-state index contributed by atoms with van der Waals surface area (Å²) in [6.45, 7) is 0. The molecule has 0 fully saturated rings. The van der Waals surface area contributed by atoms with E-state index in [2.05, 4.69) is 18.2 Å². The van der Waals surface area contributed by atoms with Crippen LogP contribution in [0.2, 0.25) is 0 Å². The van der Waals surface area contributed by atoms with E-state index in [0.717, 1.165) is 25.9 Å². The fourth-order valence-electron chi connectivity index (χ4n) is 3.49. The van der Waals surface area contributed by atoms with Gasteiger partial charge in [-0.3, -0.25) is 0 Å². The summed E-state index contributed by atoms with van der Waals surface area (Å²) in [4.78, 5) is 5.76. The van der Waals surface area contributed by atoms with Gasteiger partial charge in [0.15, 0.2) is 4.34 Å². The summed E-state index contributed by atoms with van der Waals surface area (Å²) < 4.78 is 7.90. The van der Waals surface area contributed by atoms with Crippen molar-refractivity contribution in [2.75, 3.05) is 0 Å². The number of hydrogen-bond acceptors (Lipinski definition) is 6. The van der Waals surface area contributed by atoms with E-state index in [1.165, 1.54) is 4.70 Å². The van der Waals surface area contributed by atoms with E-state index < -0.39 is 0 Å². The van der Waals surface area contributed by atoms with Gasteiger partial charge in [-0.05, 0) is 35.9 Å². The fourth-order valence-corrected chi connectivity index (χ4v) is 5.58. The Morgan fingerprint density at radius 2 is 1.83 bits per heavy atom. The predicted molar refractivity (Wildman–Crippen MR) is 116 cm³/mol. The van der Waals surface area contributed by atoms with Crippen molar-refractivity contribution in [3.63, 3.8) is 0 Å². The van der Waals surface area contributed by atoms with Crippen molar-refractivity contribution in [1.82, 2.24) is 4.98 Å². The van der Waals surface area contributed by atoms with E-state index in [9.17, 15) is 5.26 Å². The van der Waals surface area contributed by atoms with Crippen LogP contribution in [0.3, 0.4) is 0 Å². The Morgan fingerprint density at radius 1 is 1.03 bits per heavy atom. The summed E-state index contributed by atoms with van der Waals surface area (Å²) in [6.07, 6.45) is 0. The number of nitrogens with zero attached hydrogens (tertiary/aromatic N) is 2. The van der Waals surface area contributed by atoms with Crippen LogP contribution in [0.25, 0.3) is 10.2 Å². The van der Waals surface area contributed by atoms with E-state index >= 15 is 0 Å². The summed E-state index contributed by atoms with van der Waals surface area (Å²) in [7, 11) is 0.